The molecule has 6 heteroatoms. The predicted molar refractivity (Wildman–Crippen MR) is 86.9 cm³/mol. The number of imide groups is 1. The maximum atomic E-state index is 10.9. The van der Waals surface area contributed by atoms with Gasteiger partial charge in [-0.1, -0.05) is 24.3 Å². The molecule has 6 nitrogen and oxygen atoms in total. The summed E-state index contributed by atoms with van der Waals surface area (Å²) >= 11 is 0. The average Bonchev–Trinajstić information content (AvgIpc) is 2.90. The van der Waals surface area contributed by atoms with Crippen LogP contribution in [0.4, 0.5) is 0 Å². The third-order valence-electron chi connectivity index (χ3n) is 3.52. The Labute approximate surface area is 136 Å². The molecule has 0 spiro atoms. The van der Waals surface area contributed by atoms with Crippen molar-refractivity contribution in [1.82, 2.24) is 10.3 Å². The summed E-state index contributed by atoms with van der Waals surface area (Å²) in [6.45, 7) is 0. The lowest BCUT2D eigenvalue weighted by Gasteiger charge is -1.99. The number of benzene rings is 2. The van der Waals surface area contributed by atoms with Gasteiger partial charge in [0.2, 0.25) is 0 Å². The standard InChI is InChI=1S/C10H7NO2.C8H5NO2/c12-10(13)8-3-1-5-9-7(8)4-2-6-11-9;10-7-5-3-1-2-4-6(5)8(11)9-7/h1-6H,(H,12,13);1-4H,(H,9,10,11). The van der Waals surface area contributed by atoms with Gasteiger partial charge in [-0.2, -0.15) is 0 Å². The van der Waals surface area contributed by atoms with E-state index in [9.17, 15) is 14.4 Å². The van der Waals surface area contributed by atoms with E-state index in [0.29, 0.717) is 27.6 Å². The van der Waals surface area contributed by atoms with Crippen LogP contribution in [-0.4, -0.2) is 27.9 Å². The van der Waals surface area contributed by atoms with Crippen LogP contribution in [0.25, 0.3) is 10.9 Å². The number of nitrogens with zero attached hydrogens (tertiary/aromatic N) is 1. The first-order valence-corrected chi connectivity index (χ1v) is 7.09. The van der Waals surface area contributed by atoms with E-state index in [0.717, 1.165) is 0 Å². The van der Waals surface area contributed by atoms with Gasteiger partial charge >= 0.3 is 5.97 Å². The SMILES string of the molecule is O=C(O)c1cccc2ncccc12.O=C1NC(=O)c2ccccc21. The molecule has 2 heterocycles. The van der Waals surface area contributed by atoms with Crippen molar-refractivity contribution in [2.75, 3.05) is 0 Å². The molecule has 4 rings (SSSR count). The first kappa shape index (κ1) is 15.4. The van der Waals surface area contributed by atoms with Gasteiger partial charge in [-0.3, -0.25) is 19.9 Å². The predicted octanol–water partition coefficient (Wildman–Crippen LogP) is 2.50. The number of hydrogen-bond acceptors (Lipinski definition) is 4. The molecule has 0 saturated carbocycles. The van der Waals surface area contributed by atoms with Gasteiger partial charge in [-0.15, -0.1) is 0 Å². The van der Waals surface area contributed by atoms with Crippen molar-refractivity contribution >= 4 is 28.7 Å². The molecule has 2 amide bonds. The number of amides is 2. The molecule has 2 N–H and O–H groups in total. The molecule has 0 radical (unpaired) electrons. The number of carbonyl (C=O) groups excluding carboxylic acids is 2. The Morgan fingerprint density at radius 1 is 0.875 bits per heavy atom. The largest absolute Gasteiger partial charge is 0.478 e. The Balaban J connectivity index is 0.000000143. The number of carboxylic acid groups (broad SMARTS) is 1. The fraction of sp³-hybridized carbons (Fsp3) is 0. The van der Waals surface area contributed by atoms with Crippen LogP contribution in [0.2, 0.25) is 0 Å². The molecule has 1 aliphatic heterocycles. The van der Waals surface area contributed by atoms with Gasteiger partial charge in [-0.05, 0) is 30.3 Å². The Morgan fingerprint density at radius 2 is 1.54 bits per heavy atom. The van der Waals surface area contributed by atoms with Gasteiger partial charge in [-0.25, -0.2) is 4.79 Å². The highest BCUT2D eigenvalue weighted by atomic mass is 16.4. The van der Waals surface area contributed by atoms with Crippen molar-refractivity contribution in [3.05, 3.63) is 77.5 Å². The summed E-state index contributed by atoms with van der Waals surface area (Å²) in [7, 11) is 0. The van der Waals surface area contributed by atoms with Crippen LogP contribution >= 0.6 is 0 Å². The number of fused-ring (bicyclic) bond motifs is 2. The molecule has 2 aromatic carbocycles. The van der Waals surface area contributed by atoms with Crippen molar-refractivity contribution in [3.8, 4) is 0 Å². The van der Waals surface area contributed by atoms with Crippen molar-refractivity contribution in [3.63, 3.8) is 0 Å². The number of rotatable bonds is 1. The first-order chi connectivity index (χ1) is 11.6. The minimum Gasteiger partial charge on any atom is -0.478 e. The van der Waals surface area contributed by atoms with Crippen LogP contribution < -0.4 is 5.32 Å². The quantitative estimate of drug-likeness (QED) is 0.672. The van der Waals surface area contributed by atoms with Gasteiger partial charge in [0.15, 0.2) is 0 Å². The Morgan fingerprint density at radius 3 is 2.17 bits per heavy atom. The normalized spacial score (nSPS) is 12.2. The molecule has 0 saturated heterocycles. The van der Waals surface area contributed by atoms with Gasteiger partial charge in [0.05, 0.1) is 22.2 Å². The number of nitrogens with one attached hydrogen (secondary N) is 1. The van der Waals surface area contributed by atoms with Crippen LogP contribution in [0.5, 0.6) is 0 Å². The van der Waals surface area contributed by atoms with E-state index < -0.39 is 5.97 Å². The second kappa shape index (κ2) is 6.29. The van der Waals surface area contributed by atoms with E-state index in [4.69, 9.17) is 5.11 Å². The molecule has 0 fully saturated rings. The van der Waals surface area contributed by atoms with Gasteiger partial charge in [0.25, 0.3) is 11.8 Å². The second-order valence-electron chi connectivity index (χ2n) is 5.01. The minimum absolute atomic E-state index is 0.297. The van der Waals surface area contributed by atoms with Crippen LogP contribution in [0, 0.1) is 0 Å². The zero-order valence-corrected chi connectivity index (χ0v) is 12.4. The molecular formula is C18H12N2O4. The highest BCUT2D eigenvalue weighted by Crippen LogP contribution is 2.16. The van der Waals surface area contributed by atoms with Crippen LogP contribution in [0.1, 0.15) is 31.1 Å². The zero-order chi connectivity index (χ0) is 17.1. The molecule has 0 unspecified atom stereocenters. The lowest BCUT2D eigenvalue weighted by Crippen LogP contribution is -2.19. The summed E-state index contributed by atoms with van der Waals surface area (Å²) in [6.07, 6.45) is 1.65. The van der Waals surface area contributed by atoms with E-state index in [-0.39, 0.29) is 11.8 Å². The van der Waals surface area contributed by atoms with Crippen LogP contribution in [0.3, 0.4) is 0 Å². The zero-order valence-electron chi connectivity index (χ0n) is 12.4. The van der Waals surface area contributed by atoms with Gasteiger partial charge in [0.1, 0.15) is 0 Å². The van der Waals surface area contributed by atoms with E-state index in [1.165, 1.54) is 0 Å². The third kappa shape index (κ3) is 2.85. The fourth-order valence-electron chi connectivity index (χ4n) is 2.41. The second-order valence-corrected chi connectivity index (χ2v) is 5.01. The molecule has 1 aromatic heterocycles. The van der Waals surface area contributed by atoms with Crippen molar-refractivity contribution < 1.29 is 19.5 Å². The van der Waals surface area contributed by atoms with E-state index in [2.05, 4.69) is 10.3 Å². The number of carboxylic acids is 1. The molecule has 0 aliphatic carbocycles. The van der Waals surface area contributed by atoms with E-state index >= 15 is 0 Å². The maximum Gasteiger partial charge on any atom is 0.336 e. The number of hydrogen-bond donors (Lipinski definition) is 2. The topological polar surface area (TPSA) is 96.4 Å². The van der Waals surface area contributed by atoms with Crippen molar-refractivity contribution in [2.45, 2.75) is 0 Å². The summed E-state index contributed by atoms with van der Waals surface area (Å²) in [4.78, 5) is 36.7. The van der Waals surface area contributed by atoms with Crippen molar-refractivity contribution in [1.29, 1.82) is 0 Å². The molecule has 24 heavy (non-hydrogen) atoms. The minimum atomic E-state index is -0.918. The number of carbonyl (C=O) groups is 3. The van der Waals surface area contributed by atoms with Crippen molar-refractivity contribution in [2.24, 2.45) is 0 Å². The van der Waals surface area contributed by atoms with Gasteiger partial charge in [0, 0.05) is 11.6 Å². The lowest BCUT2D eigenvalue weighted by molar-refractivity contribution is 0.0698. The first-order valence-electron chi connectivity index (χ1n) is 7.09. The third-order valence-corrected chi connectivity index (χ3v) is 3.52. The molecule has 3 aromatic rings. The summed E-state index contributed by atoms with van der Waals surface area (Å²) in [6, 6.07) is 15.3. The Kier molecular flexibility index (Phi) is 4.03. The molecule has 0 bridgehead atoms. The lowest BCUT2D eigenvalue weighted by atomic mass is 10.1. The molecule has 118 valence electrons. The number of aromatic carboxylic acids is 1. The summed E-state index contributed by atoms with van der Waals surface area (Å²) in [5.41, 5.74) is 1.95. The Hall–Kier alpha value is -3.54. The smallest absolute Gasteiger partial charge is 0.336 e. The molecular weight excluding hydrogens is 308 g/mol. The summed E-state index contributed by atoms with van der Waals surface area (Å²) < 4.78 is 0. The highest BCUT2D eigenvalue weighted by molar-refractivity contribution is 6.21. The van der Waals surface area contributed by atoms with E-state index in [1.54, 1.807) is 60.8 Å². The summed E-state index contributed by atoms with van der Waals surface area (Å²) in [5, 5.41) is 11.7. The average molecular weight is 320 g/mol. The monoisotopic (exact) mass is 320 g/mol. The maximum absolute atomic E-state index is 10.9. The molecule has 0 atom stereocenters. The van der Waals surface area contributed by atoms with E-state index in [1.807, 2.05) is 0 Å². The number of pyridine rings is 1. The Bertz CT molecular complexity index is 928. The highest BCUT2D eigenvalue weighted by Gasteiger charge is 2.25. The number of aromatic nitrogens is 1. The molecule has 1 aliphatic rings. The van der Waals surface area contributed by atoms with Gasteiger partial charge < -0.3 is 5.11 Å². The van der Waals surface area contributed by atoms with Crippen LogP contribution in [-0.2, 0) is 0 Å². The van der Waals surface area contributed by atoms with Crippen LogP contribution in [0.15, 0.2) is 60.8 Å². The summed E-state index contributed by atoms with van der Waals surface area (Å²) in [5.74, 6) is -1.52. The fourth-order valence-corrected chi connectivity index (χ4v) is 2.41.